The Morgan fingerprint density at radius 2 is 1.95 bits per heavy atom. The topological polar surface area (TPSA) is 95.1 Å². The standard InChI is InChI=1S/C27H32F3N5O2S/c1-17-15-20(3-5-22(17)25(31)33-37)10-14-35(13-9-19-7-11-34(12-8-19)18(2)36)26-32-23-6-4-21(27(28,29)30)16-24(23)38-26/h3-6,15-16,19,37H,7-14H2,1-2H3,(H2,31,33). The van der Waals surface area contributed by atoms with E-state index in [9.17, 15) is 18.0 Å². The molecule has 1 amide bonds. The van der Waals surface area contributed by atoms with Crippen molar-refractivity contribution in [2.45, 2.75) is 45.7 Å². The second-order valence-corrected chi connectivity index (χ2v) is 10.8. The number of aryl methyl sites for hydroxylation is 1. The lowest BCUT2D eigenvalue weighted by Crippen LogP contribution is -2.38. The van der Waals surface area contributed by atoms with E-state index in [1.165, 1.54) is 23.5 Å². The van der Waals surface area contributed by atoms with Crippen LogP contribution >= 0.6 is 11.3 Å². The Morgan fingerprint density at radius 3 is 2.58 bits per heavy atom. The van der Waals surface area contributed by atoms with Gasteiger partial charge in [0.15, 0.2) is 11.0 Å². The number of nitrogens with two attached hydrogens (primary N) is 1. The largest absolute Gasteiger partial charge is 0.416 e. The number of amides is 1. The van der Waals surface area contributed by atoms with E-state index in [4.69, 9.17) is 10.9 Å². The highest BCUT2D eigenvalue weighted by Gasteiger charge is 2.31. The summed E-state index contributed by atoms with van der Waals surface area (Å²) in [6, 6.07) is 9.43. The first-order valence-electron chi connectivity index (χ1n) is 12.6. The second kappa shape index (κ2) is 11.6. The van der Waals surface area contributed by atoms with Gasteiger partial charge in [0.25, 0.3) is 0 Å². The predicted octanol–water partition coefficient (Wildman–Crippen LogP) is 5.42. The van der Waals surface area contributed by atoms with Gasteiger partial charge in [-0.1, -0.05) is 34.7 Å². The predicted molar refractivity (Wildman–Crippen MR) is 144 cm³/mol. The molecule has 0 atom stereocenters. The van der Waals surface area contributed by atoms with Gasteiger partial charge in [0, 0.05) is 38.7 Å². The highest BCUT2D eigenvalue weighted by molar-refractivity contribution is 7.22. The molecule has 0 aliphatic carbocycles. The minimum atomic E-state index is -4.40. The average Bonchev–Trinajstić information content (AvgIpc) is 3.31. The molecule has 7 nitrogen and oxygen atoms in total. The van der Waals surface area contributed by atoms with Crippen molar-refractivity contribution in [3.8, 4) is 0 Å². The van der Waals surface area contributed by atoms with E-state index < -0.39 is 11.7 Å². The number of hydrogen-bond donors (Lipinski definition) is 2. The lowest BCUT2D eigenvalue weighted by Gasteiger charge is -2.32. The summed E-state index contributed by atoms with van der Waals surface area (Å²) in [5, 5.41) is 12.8. The van der Waals surface area contributed by atoms with E-state index in [0.717, 1.165) is 56.1 Å². The van der Waals surface area contributed by atoms with Crippen molar-refractivity contribution in [3.63, 3.8) is 0 Å². The zero-order valence-electron chi connectivity index (χ0n) is 21.5. The Labute approximate surface area is 223 Å². The number of halogens is 3. The molecule has 2 heterocycles. The monoisotopic (exact) mass is 547 g/mol. The van der Waals surface area contributed by atoms with E-state index in [1.807, 2.05) is 30.0 Å². The summed E-state index contributed by atoms with van der Waals surface area (Å²) < 4.78 is 40.3. The lowest BCUT2D eigenvalue weighted by molar-refractivity contribution is -0.137. The summed E-state index contributed by atoms with van der Waals surface area (Å²) in [6.45, 7) is 6.37. The van der Waals surface area contributed by atoms with Crippen LogP contribution in [0.5, 0.6) is 0 Å². The van der Waals surface area contributed by atoms with Crippen molar-refractivity contribution in [2.24, 2.45) is 16.8 Å². The fourth-order valence-corrected chi connectivity index (χ4v) is 5.95. The fourth-order valence-electron chi connectivity index (χ4n) is 4.89. The number of nitrogens with zero attached hydrogens (tertiary/aromatic N) is 4. The van der Waals surface area contributed by atoms with Crippen LogP contribution in [0, 0.1) is 12.8 Å². The number of piperidine rings is 1. The van der Waals surface area contributed by atoms with Gasteiger partial charge < -0.3 is 20.7 Å². The number of fused-ring (bicyclic) bond motifs is 1. The van der Waals surface area contributed by atoms with E-state index in [-0.39, 0.29) is 11.7 Å². The number of aromatic nitrogens is 1. The molecule has 0 radical (unpaired) electrons. The van der Waals surface area contributed by atoms with Gasteiger partial charge in [-0.2, -0.15) is 13.2 Å². The zero-order chi connectivity index (χ0) is 27.4. The molecule has 4 rings (SSSR count). The van der Waals surface area contributed by atoms with E-state index in [0.29, 0.717) is 39.8 Å². The normalized spacial score (nSPS) is 15.3. The van der Waals surface area contributed by atoms with Crippen LogP contribution in [0.1, 0.15) is 48.4 Å². The smallest absolute Gasteiger partial charge is 0.409 e. The van der Waals surface area contributed by atoms with Crippen LogP contribution in [0.2, 0.25) is 0 Å². The molecule has 2 aromatic carbocycles. The summed E-state index contributed by atoms with van der Waals surface area (Å²) in [5.41, 5.74) is 8.24. The number of carbonyl (C=O) groups is 1. The Hall–Kier alpha value is -3.34. The lowest BCUT2D eigenvalue weighted by atomic mass is 9.93. The molecular formula is C27H32F3N5O2S. The van der Waals surface area contributed by atoms with Crippen LogP contribution < -0.4 is 10.6 Å². The molecule has 1 aliphatic rings. The number of likely N-dealkylation sites (tertiary alicyclic amines) is 1. The molecule has 38 heavy (non-hydrogen) atoms. The number of alkyl halides is 3. The fraction of sp³-hybridized carbons (Fsp3) is 0.444. The van der Waals surface area contributed by atoms with E-state index >= 15 is 0 Å². The van der Waals surface area contributed by atoms with Gasteiger partial charge >= 0.3 is 6.18 Å². The highest BCUT2D eigenvalue weighted by Crippen LogP contribution is 2.36. The Bertz CT molecular complexity index is 1320. The summed E-state index contributed by atoms with van der Waals surface area (Å²) in [6.07, 6.45) is -0.908. The third-order valence-electron chi connectivity index (χ3n) is 7.19. The number of hydrogen-bond acceptors (Lipinski definition) is 6. The SMILES string of the molecule is CC(=O)N1CCC(CCN(CCc2ccc(/C(N)=N/O)c(C)c2)c2nc3ccc(C(F)(F)F)cc3s2)CC1. The van der Waals surface area contributed by atoms with Crippen molar-refractivity contribution >= 4 is 38.4 Å². The molecule has 1 aromatic heterocycles. The van der Waals surface area contributed by atoms with Gasteiger partial charge in [0.2, 0.25) is 5.91 Å². The number of oxime groups is 1. The number of amidine groups is 1. The van der Waals surface area contributed by atoms with Crippen LogP contribution in [0.15, 0.2) is 41.6 Å². The molecule has 1 aliphatic heterocycles. The van der Waals surface area contributed by atoms with Gasteiger partial charge in [-0.05, 0) is 67.9 Å². The second-order valence-electron chi connectivity index (χ2n) is 9.79. The van der Waals surface area contributed by atoms with Gasteiger partial charge in [-0.3, -0.25) is 4.79 Å². The van der Waals surface area contributed by atoms with Crippen LogP contribution in [0.4, 0.5) is 18.3 Å². The molecule has 0 bridgehead atoms. The first-order chi connectivity index (χ1) is 18.0. The van der Waals surface area contributed by atoms with Crippen LogP contribution in [0.25, 0.3) is 10.2 Å². The van der Waals surface area contributed by atoms with Gasteiger partial charge in [0.05, 0.1) is 15.8 Å². The molecule has 0 unspecified atom stereocenters. The molecule has 1 fully saturated rings. The Balaban J connectivity index is 1.52. The van der Waals surface area contributed by atoms with Crippen molar-refractivity contribution in [1.82, 2.24) is 9.88 Å². The third-order valence-corrected chi connectivity index (χ3v) is 8.27. The van der Waals surface area contributed by atoms with Crippen molar-refractivity contribution in [2.75, 3.05) is 31.1 Å². The maximum Gasteiger partial charge on any atom is 0.416 e. The maximum absolute atomic E-state index is 13.2. The zero-order valence-corrected chi connectivity index (χ0v) is 22.3. The van der Waals surface area contributed by atoms with Crippen LogP contribution in [-0.2, 0) is 17.4 Å². The molecule has 0 saturated carbocycles. The van der Waals surface area contributed by atoms with E-state index in [1.54, 1.807) is 6.92 Å². The highest BCUT2D eigenvalue weighted by atomic mass is 32.1. The van der Waals surface area contributed by atoms with Gasteiger partial charge in [0.1, 0.15) is 0 Å². The van der Waals surface area contributed by atoms with Gasteiger partial charge in [-0.25, -0.2) is 4.98 Å². The molecule has 3 aromatic rings. The number of anilines is 1. The van der Waals surface area contributed by atoms with Crippen LogP contribution in [-0.4, -0.2) is 53.0 Å². The van der Waals surface area contributed by atoms with Crippen molar-refractivity contribution in [1.29, 1.82) is 0 Å². The molecule has 3 N–H and O–H groups in total. The Morgan fingerprint density at radius 1 is 1.21 bits per heavy atom. The van der Waals surface area contributed by atoms with Crippen molar-refractivity contribution in [3.05, 3.63) is 58.7 Å². The summed E-state index contributed by atoms with van der Waals surface area (Å²) in [5.74, 6) is 0.631. The summed E-state index contributed by atoms with van der Waals surface area (Å²) in [4.78, 5) is 20.4. The quantitative estimate of drug-likeness (QED) is 0.170. The van der Waals surface area contributed by atoms with Gasteiger partial charge in [-0.15, -0.1) is 0 Å². The number of rotatable bonds is 8. The first-order valence-corrected chi connectivity index (χ1v) is 13.4. The number of benzene rings is 2. The van der Waals surface area contributed by atoms with Crippen molar-refractivity contribution < 1.29 is 23.2 Å². The third kappa shape index (κ3) is 6.56. The summed E-state index contributed by atoms with van der Waals surface area (Å²) in [7, 11) is 0. The van der Waals surface area contributed by atoms with Crippen LogP contribution in [0.3, 0.4) is 0 Å². The minimum Gasteiger partial charge on any atom is -0.409 e. The van der Waals surface area contributed by atoms with E-state index in [2.05, 4.69) is 15.0 Å². The molecular weight excluding hydrogens is 515 g/mol. The minimum absolute atomic E-state index is 0.0548. The average molecular weight is 548 g/mol. The number of thiazole rings is 1. The first kappa shape index (κ1) is 27.7. The molecule has 204 valence electrons. The molecule has 0 spiro atoms. The molecule has 11 heteroatoms. The Kier molecular flexibility index (Phi) is 8.44. The molecule has 1 saturated heterocycles. The number of carbonyl (C=O) groups excluding carboxylic acids is 1. The summed E-state index contributed by atoms with van der Waals surface area (Å²) >= 11 is 1.28. The maximum atomic E-state index is 13.2.